The average molecular weight is 384 g/mol. The van der Waals surface area contributed by atoms with E-state index < -0.39 is 0 Å². The van der Waals surface area contributed by atoms with Crippen molar-refractivity contribution in [3.05, 3.63) is 62.3 Å². The van der Waals surface area contributed by atoms with Crippen LogP contribution in [0.2, 0.25) is 0 Å². The summed E-state index contributed by atoms with van der Waals surface area (Å²) in [6.45, 7) is 2.40. The highest BCUT2D eigenvalue weighted by Crippen LogP contribution is 2.20. The van der Waals surface area contributed by atoms with Crippen LogP contribution in [0.15, 0.2) is 45.5 Å². The Balaban J connectivity index is 2.03. The molecule has 0 bridgehead atoms. The number of aromatic nitrogens is 1. The minimum absolute atomic E-state index is 0.109. The fourth-order valence-corrected chi connectivity index (χ4v) is 2.87. The molecule has 1 heterocycles. The zero-order valence-electron chi connectivity index (χ0n) is 10.3. The van der Waals surface area contributed by atoms with Gasteiger partial charge < -0.3 is 5.32 Å². The van der Waals surface area contributed by atoms with Gasteiger partial charge >= 0.3 is 0 Å². The van der Waals surface area contributed by atoms with Crippen LogP contribution >= 0.6 is 31.9 Å². The number of halogens is 2. The van der Waals surface area contributed by atoms with Gasteiger partial charge in [-0.1, -0.05) is 37.9 Å². The molecule has 0 spiro atoms. The van der Waals surface area contributed by atoms with Gasteiger partial charge in [0, 0.05) is 32.9 Å². The van der Waals surface area contributed by atoms with E-state index in [-0.39, 0.29) is 5.91 Å². The summed E-state index contributed by atoms with van der Waals surface area (Å²) in [6, 6.07) is 9.35. The van der Waals surface area contributed by atoms with Crippen LogP contribution in [0.4, 0.5) is 0 Å². The Morgan fingerprint density at radius 1 is 1.21 bits per heavy atom. The second-order valence-corrected chi connectivity index (χ2v) is 5.98. The Morgan fingerprint density at radius 3 is 2.47 bits per heavy atom. The molecule has 0 fully saturated rings. The van der Waals surface area contributed by atoms with Crippen LogP contribution in [0.3, 0.4) is 0 Å². The van der Waals surface area contributed by atoms with Gasteiger partial charge in [-0.05, 0) is 36.8 Å². The molecule has 3 nitrogen and oxygen atoms in total. The van der Waals surface area contributed by atoms with Crippen LogP contribution in [0.5, 0.6) is 0 Å². The highest BCUT2D eigenvalue weighted by Gasteiger charge is 2.07. The number of rotatable bonds is 3. The van der Waals surface area contributed by atoms with Crippen molar-refractivity contribution in [1.82, 2.24) is 10.3 Å². The highest BCUT2D eigenvalue weighted by atomic mass is 79.9. The molecule has 19 heavy (non-hydrogen) atoms. The number of hydrogen-bond donors (Lipinski definition) is 1. The lowest BCUT2D eigenvalue weighted by Gasteiger charge is -2.06. The molecular weight excluding hydrogens is 372 g/mol. The maximum absolute atomic E-state index is 12.0. The standard InChI is InChI=1S/C14H12Br2N2O/c1-9-2-3-10(7-17-9)8-18-14(19)11-4-12(15)6-13(16)5-11/h2-7H,8H2,1H3,(H,18,19). The minimum Gasteiger partial charge on any atom is -0.348 e. The number of pyridine rings is 1. The van der Waals surface area contributed by atoms with Crippen molar-refractivity contribution in [2.24, 2.45) is 0 Å². The molecule has 1 aromatic carbocycles. The summed E-state index contributed by atoms with van der Waals surface area (Å²) in [5.74, 6) is -0.109. The Bertz CT molecular complexity index is 577. The first-order valence-corrected chi connectivity index (χ1v) is 7.29. The van der Waals surface area contributed by atoms with Gasteiger partial charge in [-0.25, -0.2) is 0 Å². The van der Waals surface area contributed by atoms with Crippen molar-refractivity contribution in [1.29, 1.82) is 0 Å². The van der Waals surface area contributed by atoms with Gasteiger partial charge in [0.05, 0.1) is 0 Å². The predicted molar refractivity (Wildman–Crippen MR) is 82.0 cm³/mol. The van der Waals surface area contributed by atoms with E-state index >= 15 is 0 Å². The van der Waals surface area contributed by atoms with Gasteiger partial charge in [0.2, 0.25) is 0 Å². The van der Waals surface area contributed by atoms with Crippen LogP contribution in [0.1, 0.15) is 21.6 Å². The highest BCUT2D eigenvalue weighted by molar-refractivity contribution is 9.11. The van der Waals surface area contributed by atoms with E-state index in [9.17, 15) is 4.79 Å². The van der Waals surface area contributed by atoms with Crippen LogP contribution < -0.4 is 5.32 Å². The Morgan fingerprint density at radius 2 is 1.89 bits per heavy atom. The van der Waals surface area contributed by atoms with Crippen molar-refractivity contribution in [2.45, 2.75) is 13.5 Å². The maximum Gasteiger partial charge on any atom is 0.251 e. The summed E-state index contributed by atoms with van der Waals surface area (Å²) in [6.07, 6.45) is 1.77. The van der Waals surface area contributed by atoms with Crippen molar-refractivity contribution in [3.8, 4) is 0 Å². The molecule has 0 aliphatic rings. The Kier molecular flexibility index (Phi) is 4.71. The van der Waals surface area contributed by atoms with Gasteiger partial charge in [0.25, 0.3) is 5.91 Å². The van der Waals surface area contributed by atoms with E-state index in [4.69, 9.17) is 0 Å². The van der Waals surface area contributed by atoms with Gasteiger partial charge in [0.15, 0.2) is 0 Å². The van der Waals surface area contributed by atoms with Gasteiger partial charge in [-0.2, -0.15) is 0 Å². The van der Waals surface area contributed by atoms with E-state index in [1.54, 1.807) is 18.3 Å². The summed E-state index contributed by atoms with van der Waals surface area (Å²) < 4.78 is 1.73. The smallest absolute Gasteiger partial charge is 0.251 e. The first-order valence-electron chi connectivity index (χ1n) is 5.70. The Labute approximate surface area is 128 Å². The summed E-state index contributed by atoms with van der Waals surface area (Å²) >= 11 is 6.73. The zero-order chi connectivity index (χ0) is 13.8. The van der Waals surface area contributed by atoms with Crippen molar-refractivity contribution < 1.29 is 4.79 Å². The van der Waals surface area contributed by atoms with Crippen LogP contribution in [-0.2, 0) is 6.54 Å². The first kappa shape index (κ1) is 14.2. The number of carbonyl (C=O) groups excluding carboxylic acids is 1. The predicted octanol–water partition coefficient (Wildman–Crippen LogP) is 3.85. The third-order valence-electron chi connectivity index (χ3n) is 2.55. The molecule has 2 aromatic rings. The second kappa shape index (κ2) is 6.30. The quantitative estimate of drug-likeness (QED) is 0.874. The number of nitrogens with one attached hydrogen (secondary N) is 1. The molecule has 0 atom stereocenters. The lowest BCUT2D eigenvalue weighted by atomic mass is 10.2. The number of hydrogen-bond acceptors (Lipinski definition) is 2. The molecular formula is C14H12Br2N2O. The number of amides is 1. The summed E-state index contributed by atoms with van der Waals surface area (Å²) in [5.41, 5.74) is 2.56. The second-order valence-electron chi connectivity index (χ2n) is 4.15. The van der Waals surface area contributed by atoms with E-state index in [2.05, 4.69) is 42.2 Å². The molecule has 0 radical (unpaired) electrons. The van der Waals surface area contributed by atoms with Gasteiger partial charge in [0.1, 0.15) is 0 Å². The maximum atomic E-state index is 12.0. The van der Waals surface area contributed by atoms with Crippen molar-refractivity contribution in [2.75, 3.05) is 0 Å². The largest absolute Gasteiger partial charge is 0.348 e. The zero-order valence-corrected chi connectivity index (χ0v) is 13.5. The molecule has 1 amide bonds. The topological polar surface area (TPSA) is 42.0 Å². The number of nitrogens with zero attached hydrogens (tertiary/aromatic N) is 1. The number of carbonyl (C=O) groups is 1. The lowest BCUT2D eigenvalue weighted by Crippen LogP contribution is -2.22. The molecule has 0 aliphatic carbocycles. The molecule has 0 saturated carbocycles. The normalized spacial score (nSPS) is 10.3. The first-order chi connectivity index (χ1) is 9.04. The van der Waals surface area contributed by atoms with Gasteiger partial charge in [-0.3, -0.25) is 9.78 Å². The minimum atomic E-state index is -0.109. The average Bonchev–Trinajstić information content (AvgIpc) is 2.36. The van der Waals surface area contributed by atoms with Crippen LogP contribution in [-0.4, -0.2) is 10.9 Å². The molecule has 5 heteroatoms. The van der Waals surface area contributed by atoms with Crippen LogP contribution in [0.25, 0.3) is 0 Å². The molecule has 0 aliphatic heterocycles. The van der Waals surface area contributed by atoms with E-state index in [0.717, 1.165) is 20.2 Å². The third kappa shape index (κ3) is 4.14. The lowest BCUT2D eigenvalue weighted by molar-refractivity contribution is 0.0951. The number of aryl methyl sites for hydroxylation is 1. The summed E-state index contributed by atoms with van der Waals surface area (Å²) in [7, 11) is 0. The monoisotopic (exact) mass is 382 g/mol. The van der Waals surface area contributed by atoms with E-state index in [0.29, 0.717) is 12.1 Å². The SMILES string of the molecule is Cc1ccc(CNC(=O)c2cc(Br)cc(Br)c2)cn1. The van der Waals surface area contributed by atoms with Crippen LogP contribution in [0, 0.1) is 6.92 Å². The van der Waals surface area contributed by atoms with Crippen molar-refractivity contribution in [3.63, 3.8) is 0 Å². The molecule has 0 saturated heterocycles. The molecule has 1 aromatic heterocycles. The van der Waals surface area contributed by atoms with E-state index in [1.807, 2.05) is 25.1 Å². The third-order valence-corrected chi connectivity index (χ3v) is 3.47. The number of benzene rings is 1. The molecule has 0 unspecified atom stereocenters. The molecule has 1 N–H and O–H groups in total. The Hall–Kier alpha value is -1.20. The summed E-state index contributed by atoms with van der Waals surface area (Å²) in [4.78, 5) is 16.2. The molecule has 2 rings (SSSR count). The fraction of sp³-hybridized carbons (Fsp3) is 0.143. The van der Waals surface area contributed by atoms with Gasteiger partial charge in [-0.15, -0.1) is 0 Å². The summed E-state index contributed by atoms with van der Waals surface area (Å²) in [5, 5.41) is 2.87. The molecule has 98 valence electrons. The van der Waals surface area contributed by atoms with Crippen molar-refractivity contribution >= 4 is 37.8 Å². The van der Waals surface area contributed by atoms with E-state index in [1.165, 1.54) is 0 Å². The fourth-order valence-electron chi connectivity index (χ4n) is 1.57.